The molecule has 0 saturated carbocycles. The first-order valence-corrected chi connectivity index (χ1v) is 8.90. The Labute approximate surface area is 131 Å². The van der Waals surface area contributed by atoms with Crippen molar-refractivity contribution in [3.05, 3.63) is 15.8 Å². The standard InChI is InChI=1S/C13H22N2O2S2.ClH/c1-10-8-12(11(2)18-10)19(16,17)15-9-13(3)4-6-14-7-5-13;/h8,14-15H,4-7,9H2,1-3H3;1H. The second-order valence-electron chi connectivity index (χ2n) is 5.66. The zero-order chi connectivity index (χ0) is 14.1. The number of hydrogen-bond donors (Lipinski definition) is 2. The van der Waals surface area contributed by atoms with Gasteiger partial charge in [0, 0.05) is 16.3 Å². The number of nitrogens with one attached hydrogen (secondary N) is 2. The molecule has 1 fully saturated rings. The average molecular weight is 339 g/mol. The molecule has 0 aromatic carbocycles. The van der Waals surface area contributed by atoms with Gasteiger partial charge in [-0.15, -0.1) is 23.7 Å². The highest BCUT2D eigenvalue weighted by Crippen LogP contribution is 2.29. The smallest absolute Gasteiger partial charge is 0.241 e. The normalized spacial score (nSPS) is 18.6. The molecule has 20 heavy (non-hydrogen) atoms. The summed E-state index contributed by atoms with van der Waals surface area (Å²) >= 11 is 1.53. The van der Waals surface area contributed by atoms with Crippen LogP contribution in [0, 0.1) is 19.3 Å². The highest BCUT2D eigenvalue weighted by molar-refractivity contribution is 7.89. The van der Waals surface area contributed by atoms with Crippen molar-refractivity contribution in [1.82, 2.24) is 10.0 Å². The molecule has 4 nitrogen and oxygen atoms in total. The van der Waals surface area contributed by atoms with Crippen LogP contribution in [0.1, 0.15) is 29.5 Å². The lowest BCUT2D eigenvalue weighted by Gasteiger charge is -2.34. The Morgan fingerprint density at radius 2 is 1.95 bits per heavy atom. The molecule has 1 saturated heterocycles. The Kier molecular flexibility index (Phi) is 6.04. The van der Waals surface area contributed by atoms with Gasteiger partial charge in [-0.05, 0) is 51.3 Å². The van der Waals surface area contributed by atoms with Crippen molar-refractivity contribution >= 4 is 33.8 Å². The van der Waals surface area contributed by atoms with E-state index in [4.69, 9.17) is 0 Å². The van der Waals surface area contributed by atoms with Crippen LogP contribution in [0.3, 0.4) is 0 Å². The molecule has 1 aliphatic rings. The maximum absolute atomic E-state index is 12.3. The van der Waals surface area contributed by atoms with Gasteiger partial charge < -0.3 is 5.32 Å². The first-order chi connectivity index (χ1) is 8.82. The molecule has 116 valence electrons. The third-order valence-corrected chi connectivity index (χ3v) is 6.41. The van der Waals surface area contributed by atoms with Gasteiger partial charge in [0.05, 0.1) is 4.90 Å². The van der Waals surface area contributed by atoms with Gasteiger partial charge in [0.25, 0.3) is 0 Å². The zero-order valence-electron chi connectivity index (χ0n) is 12.2. The van der Waals surface area contributed by atoms with Crippen LogP contribution >= 0.6 is 23.7 Å². The van der Waals surface area contributed by atoms with Gasteiger partial charge >= 0.3 is 0 Å². The molecule has 0 atom stereocenters. The molecule has 0 bridgehead atoms. The first-order valence-electron chi connectivity index (χ1n) is 6.60. The van der Waals surface area contributed by atoms with Crippen LogP contribution in [0.2, 0.25) is 0 Å². The fourth-order valence-electron chi connectivity index (χ4n) is 2.43. The van der Waals surface area contributed by atoms with Crippen LogP contribution < -0.4 is 10.0 Å². The van der Waals surface area contributed by atoms with E-state index in [1.165, 1.54) is 11.3 Å². The Morgan fingerprint density at radius 3 is 2.45 bits per heavy atom. The lowest BCUT2D eigenvalue weighted by atomic mass is 9.81. The van der Waals surface area contributed by atoms with E-state index < -0.39 is 10.0 Å². The summed E-state index contributed by atoms with van der Waals surface area (Å²) in [5.41, 5.74) is 0.0668. The van der Waals surface area contributed by atoms with E-state index >= 15 is 0 Å². The Morgan fingerprint density at radius 1 is 1.35 bits per heavy atom. The molecule has 0 radical (unpaired) electrons. The molecule has 2 heterocycles. The minimum absolute atomic E-state index is 0. The fraction of sp³-hybridized carbons (Fsp3) is 0.692. The minimum atomic E-state index is -3.37. The molecule has 7 heteroatoms. The van der Waals surface area contributed by atoms with Gasteiger partial charge in [0.15, 0.2) is 0 Å². The van der Waals surface area contributed by atoms with Crippen LogP contribution in [-0.4, -0.2) is 28.1 Å². The quantitative estimate of drug-likeness (QED) is 0.886. The summed E-state index contributed by atoms with van der Waals surface area (Å²) in [5.74, 6) is 0. The van der Waals surface area contributed by atoms with E-state index in [2.05, 4.69) is 17.0 Å². The highest BCUT2D eigenvalue weighted by Gasteiger charge is 2.29. The van der Waals surface area contributed by atoms with Crippen LogP contribution in [0.5, 0.6) is 0 Å². The summed E-state index contributed by atoms with van der Waals surface area (Å²) in [7, 11) is -3.37. The minimum Gasteiger partial charge on any atom is -0.317 e. The Hall–Kier alpha value is -0.140. The third-order valence-electron chi connectivity index (χ3n) is 3.78. The van der Waals surface area contributed by atoms with E-state index in [0.29, 0.717) is 11.4 Å². The summed E-state index contributed by atoms with van der Waals surface area (Å²) in [6.07, 6.45) is 2.02. The lowest BCUT2D eigenvalue weighted by Crippen LogP contribution is -2.42. The van der Waals surface area contributed by atoms with Crippen molar-refractivity contribution in [3.63, 3.8) is 0 Å². The summed E-state index contributed by atoms with van der Waals surface area (Å²) in [4.78, 5) is 2.33. The number of hydrogen-bond acceptors (Lipinski definition) is 4. The van der Waals surface area contributed by atoms with Crippen LogP contribution in [0.4, 0.5) is 0 Å². The summed E-state index contributed by atoms with van der Waals surface area (Å²) in [6, 6.07) is 1.76. The molecule has 1 aromatic heterocycles. The predicted molar refractivity (Wildman–Crippen MR) is 86.4 cm³/mol. The number of thiophene rings is 1. The van der Waals surface area contributed by atoms with Gasteiger partial charge in [0.2, 0.25) is 10.0 Å². The molecule has 0 amide bonds. The molecule has 0 spiro atoms. The summed E-state index contributed by atoms with van der Waals surface area (Å²) < 4.78 is 27.5. The Bertz CT molecular complexity index is 549. The monoisotopic (exact) mass is 338 g/mol. The SMILES string of the molecule is Cc1cc(S(=O)(=O)NCC2(C)CCNCC2)c(C)s1.Cl. The molecule has 0 aliphatic carbocycles. The van der Waals surface area contributed by atoms with E-state index in [1.54, 1.807) is 6.07 Å². The fourth-order valence-corrected chi connectivity index (χ4v) is 5.18. The number of sulfonamides is 1. The van der Waals surface area contributed by atoms with Crippen molar-refractivity contribution in [2.75, 3.05) is 19.6 Å². The van der Waals surface area contributed by atoms with E-state index in [1.807, 2.05) is 13.8 Å². The van der Waals surface area contributed by atoms with Gasteiger partial charge in [-0.25, -0.2) is 13.1 Å². The molecule has 0 unspecified atom stereocenters. The Balaban J connectivity index is 0.00000200. The van der Waals surface area contributed by atoms with Crippen LogP contribution in [0.25, 0.3) is 0 Å². The number of rotatable bonds is 4. The molecule has 1 aromatic rings. The summed E-state index contributed by atoms with van der Waals surface area (Å²) in [5, 5.41) is 3.31. The van der Waals surface area contributed by atoms with Gasteiger partial charge in [-0.1, -0.05) is 6.92 Å². The van der Waals surface area contributed by atoms with Crippen molar-refractivity contribution in [1.29, 1.82) is 0 Å². The second-order valence-corrected chi connectivity index (χ2v) is 8.86. The van der Waals surface area contributed by atoms with Crippen molar-refractivity contribution in [2.45, 2.75) is 38.5 Å². The molecular formula is C13H23ClN2O2S2. The molecular weight excluding hydrogens is 316 g/mol. The number of halogens is 1. The van der Waals surface area contributed by atoms with Crippen molar-refractivity contribution < 1.29 is 8.42 Å². The predicted octanol–water partition coefficient (Wildman–Crippen LogP) is 2.45. The van der Waals surface area contributed by atoms with Gasteiger partial charge in [-0.2, -0.15) is 0 Å². The van der Waals surface area contributed by atoms with Gasteiger partial charge in [-0.3, -0.25) is 0 Å². The molecule has 1 aliphatic heterocycles. The summed E-state index contributed by atoms with van der Waals surface area (Å²) in [6.45, 7) is 8.40. The maximum atomic E-state index is 12.3. The first kappa shape index (κ1) is 17.9. The average Bonchev–Trinajstić information content (AvgIpc) is 2.68. The largest absolute Gasteiger partial charge is 0.317 e. The van der Waals surface area contributed by atoms with E-state index in [-0.39, 0.29) is 17.8 Å². The topological polar surface area (TPSA) is 58.2 Å². The highest BCUT2D eigenvalue weighted by atomic mass is 35.5. The third kappa shape index (κ3) is 4.18. The van der Waals surface area contributed by atoms with E-state index in [0.717, 1.165) is 35.7 Å². The van der Waals surface area contributed by atoms with Crippen molar-refractivity contribution in [3.8, 4) is 0 Å². The molecule has 2 rings (SSSR count). The number of aryl methyl sites for hydroxylation is 2. The lowest BCUT2D eigenvalue weighted by molar-refractivity contribution is 0.232. The molecule has 2 N–H and O–H groups in total. The van der Waals surface area contributed by atoms with Crippen molar-refractivity contribution in [2.24, 2.45) is 5.41 Å². The van der Waals surface area contributed by atoms with Gasteiger partial charge in [0.1, 0.15) is 0 Å². The number of piperidine rings is 1. The van der Waals surface area contributed by atoms with E-state index in [9.17, 15) is 8.42 Å². The van der Waals surface area contributed by atoms with Crippen LogP contribution in [0.15, 0.2) is 11.0 Å². The second kappa shape index (κ2) is 6.75. The zero-order valence-corrected chi connectivity index (χ0v) is 14.6. The van der Waals surface area contributed by atoms with Crippen LogP contribution in [-0.2, 0) is 10.0 Å². The maximum Gasteiger partial charge on any atom is 0.241 e.